The minimum atomic E-state index is -0.601. The summed E-state index contributed by atoms with van der Waals surface area (Å²) in [6, 6.07) is 0. The number of aliphatic imine (C=N–C) groups is 1. The Hall–Kier alpha value is -0.610. The molecular weight excluding hydrogens is 467 g/mol. The van der Waals surface area contributed by atoms with Crippen LogP contribution in [0, 0.1) is 5.92 Å². The molecule has 2 rings (SSSR count). The first kappa shape index (κ1) is 25.4. The molecule has 0 spiro atoms. The van der Waals surface area contributed by atoms with Gasteiger partial charge in [-0.2, -0.15) is 0 Å². The van der Waals surface area contributed by atoms with E-state index < -0.39 is 5.54 Å². The van der Waals surface area contributed by atoms with Gasteiger partial charge in [-0.15, -0.1) is 24.0 Å². The number of primary amides is 1. The summed E-state index contributed by atoms with van der Waals surface area (Å²) in [7, 11) is 6.26. The summed E-state index contributed by atoms with van der Waals surface area (Å²) in [4.78, 5) is 23.1. The Morgan fingerprint density at radius 1 is 1.29 bits per heavy atom. The molecule has 8 heteroatoms. The molecule has 28 heavy (non-hydrogen) atoms. The van der Waals surface area contributed by atoms with Gasteiger partial charge in [0.25, 0.3) is 0 Å². The molecule has 0 aromatic heterocycles. The predicted octanol–water partition coefficient (Wildman–Crippen LogP) is 1.57. The highest BCUT2D eigenvalue weighted by atomic mass is 127. The lowest BCUT2D eigenvalue weighted by atomic mass is 9.75. The SMILES string of the molecule is CN=C(NCC1(N(C)C)CCCC(C)C1)N1CCN(C(C)(C)C(N)=O)CC1.I. The van der Waals surface area contributed by atoms with E-state index in [1.54, 1.807) is 0 Å². The summed E-state index contributed by atoms with van der Waals surface area (Å²) in [6.45, 7) is 10.4. The van der Waals surface area contributed by atoms with Crippen LogP contribution >= 0.6 is 24.0 Å². The van der Waals surface area contributed by atoms with E-state index >= 15 is 0 Å². The number of hydrogen-bond acceptors (Lipinski definition) is 4. The number of carbonyl (C=O) groups excluding carboxylic acids is 1. The van der Waals surface area contributed by atoms with E-state index in [0.29, 0.717) is 0 Å². The fraction of sp³-hybridized carbons (Fsp3) is 0.900. The Balaban J connectivity index is 0.00000392. The number of amides is 1. The van der Waals surface area contributed by atoms with Crippen molar-refractivity contribution in [1.82, 2.24) is 20.0 Å². The van der Waals surface area contributed by atoms with Gasteiger partial charge in [0, 0.05) is 45.3 Å². The van der Waals surface area contributed by atoms with Gasteiger partial charge in [0.1, 0.15) is 0 Å². The van der Waals surface area contributed by atoms with Crippen LogP contribution in [-0.4, -0.2) is 91.5 Å². The number of rotatable bonds is 5. The van der Waals surface area contributed by atoms with Crippen LogP contribution in [0.25, 0.3) is 0 Å². The number of halogens is 1. The monoisotopic (exact) mass is 508 g/mol. The predicted molar refractivity (Wildman–Crippen MR) is 127 cm³/mol. The first-order valence-corrected chi connectivity index (χ1v) is 10.3. The molecule has 1 saturated heterocycles. The maximum absolute atomic E-state index is 11.7. The van der Waals surface area contributed by atoms with Gasteiger partial charge in [0.2, 0.25) is 5.91 Å². The molecule has 0 aromatic carbocycles. The molecule has 1 aliphatic heterocycles. The highest BCUT2D eigenvalue weighted by molar-refractivity contribution is 14.0. The van der Waals surface area contributed by atoms with Gasteiger partial charge < -0.3 is 20.9 Å². The van der Waals surface area contributed by atoms with Crippen LogP contribution in [0.15, 0.2) is 4.99 Å². The largest absolute Gasteiger partial charge is 0.368 e. The molecule has 1 heterocycles. The highest BCUT2D eigenvalue weighted by Gasteiger charge is 2.38. The number of carbonyl (C=O) groups is 1. The molecule has 0 bridgehead atoms. The van der Waals surface area contributed by atoms with Gasteiger partial charge in [-0.3, -0.25) is 14.7 Å². The molecule has 164 valence electrons. The van der Waals surface area contributed by atoms with E-state index in [4.69, 9.17) is 5.73 Å². The minimum Gasteiger partial charge on any atom is -0.368 e. The van der Waals surface area contributed by atoms with Crippen LogP contribution in [0.2, 0.25) is 0 Å². The zero-order valence-electron chi connectivity index (χ0n) is 18.6. The third kappa shape index (κ3) is 5.72. The second-order valence-electron chi connectivity index (χ2n) is 9.12. The normalized spacial score (nSPS) is 27.5. The second-order valence-corrected chi connectivity index (χ2v) is 9.12. The van der Waals surface area contributed by atoms with Crippen molar-refractivity contribution in [3.8, 4) is 0 Å². The Bertz CT molecular complexity index is 545. The van der Waals surface area contributed by atoms with Crippen LogP contribution in [0.1, 0.15) is 46.5 Å². The van der Waals surface area contributed by atoms with E-state index in [9.17, 15) is 4.79 Å². The average molecular weight is 508 g/mol. The standard InChI is InChI=1S/C20H40N6O.HI/c1-16-8-7-9-20(14-16,24(5)6)15-23-18(22-4)25-10-12-26(13-11-25)19(2,3)17(21)27;/h16H,7-15H2,1-6H3,(H2,21,27)(H,22,23);1H. The fourth-order valence-electron chi connectivity index (χ4n) is 4.57. The number of hydrogen-bond donors (Lipinski definition) is 2. The lowest BCUT2D eigenvalue weighted by Crippen LogP contribution is -2.62. The van der Waals surface area contributed by atoms with Crippen molar-refractivity contribution >= 4 is 35.8 Å². The third-order valence-electron chi connectivity index (χ3n) is 6.78. The Morgan fingerprint density at radius 2 is 1.89 bits per heavy atom. The van der Waals surface area contributed by atoms with Crippen molar-refractivity contribution in [3.63, 3.8) is 0 Å². The van der Waals surface area contributed by atoms with E-state index in [1.807, 2.05) is 20.9 Å². The van der Waals surface area contributed by atoms with E-state index in [-0.39, 0.29) is 35.4 Å². The number of nitrogens with zero attached hydrogens (tertiary/aromatic N) is 4. The number of guanidine groups is 1. The van der Waals surface area contributed by atoms with Gasteiger partial charge >= 0.3 is 0 Å². The van der Waals surface area contributed by atoms with Crippen LogP contribution in [0.4, 0.5) is 0 Å². The lowest BCUT2D eigenvalue weighted by Gasteiger charge is -2.47. The summed E-state index contributed by atoms with van der Waals surface area (Å²) in [5.41, 5.74) is 5.17. The van der Waals surface area contributed by atoms with Crippen molar-refractivity contribution in [1.29, 1.82) is 0 Å². The number of piperazine rings is 1. The van der Waals surface area contributed by atoms with Crippen molar-refractivity contribution < 1.29 is 4.79 Å². The zero-order chi connectivity index (χ0) is 20.2. The lowest BCUT2D eigenvalue weighted by molar-refractivity contribution is -0.129. The molecule has 2 unspecified atom stereocenters. The van der Waals surface area contributed by atoms with Crippen molar-refractivity contribution in [3.05, 3.63) is 0 Å². The van der Waals surface area contributed by atoms with Gasteiger partial charge in [0.15, 0.2) is 5.96 Å². The Labute approximate surface area is 188 Å². The maximum atomic E-state index is 11.7. The summed E-state index contributed by atoms with van der Waals surface area (Å²) >= 11 is 0. The molecule has 2 fully saturated rings. The van der Waals surface area contributed by atoms with Crippen molar-refractivity contribution in [2.75, 3.05) is 53.9 Å². The van der Waals surface area contributed by atoms with Gasteiger partial charge in [0.05, 0.1) is 5.54 Å². The molecule has 3 N–H and O–H groups in total. The van der Waals surface area contributed by atoms with Crippen LogP contribution in [0.3, 0.4) is 0 Å². The molecular formula is C20H41IN6O. The average Bonchev–Trinajstić information content (AvgIpc) is 2.62. The van der Waals surface area contributed by atoms with Crippen LogP contribution < -0.4 is 11.1 Å². The van der Waals surface area contributed by atoms with E-state index in [1.165, 1.54) is 25.7 Å². The molecule has 7 nitrogen and oxygen atoms in total. The molecule has 1 aliphatic carbocycles. The first-order valence-electron chi connectivity index (χ1n) is 10.3. The molecule has 1 amide bonds. The maximum Gasteiger partial charge on any atom is 0.237 e. The van der Waals surface area contributed by atoms with E-state index in [2.05, 4.69) is 46.0 Å². The topological polar surface area (TPSA) is 77.2 Å². The molecule has 0 aromatic rings. The van der Waals surface area contributed by atoms with Gasteiger partial charge in [-0.25, -0.2) is 0 Å². The minimum absolute atomic E-state index is 0. The number of nitrogens with one attached hydrogen (secondary N) is 1. The first-order chi connectivity index (χ1) is 12.6. The molecule has 2 atom stereocenters. The summed E-state index contributed by atoms with van der Waals surface area (Å²) in [5.74, 6) is 1.47. The van der Waals surface area contributed by atoms with Crippen LogP contribution in [-0.2, 0) is 4.79 Å². The highest BCUT2D eigenvalue weighted by Crippen LogP contribution is 2.35. The fourth-order valence-corrected chi connectivity index (χ4v) is 4.57. The molecule has 0 radical (unpaired) electrons. The Morgan fingerprint density at radius 3 is 2.36 bits per heavy atom. The number of nitrogens with two attached hydrogens (primary N) is 1. The Kier molecular flexibility index (Phi) is 9.47. The van der Waals surface area contributed by atoms with Crippen molar-refractivity contribution in [2.24, 2.45) is 16.6 Å². The zero-order valence-corrected chi connectivity index (χ0v) is 21.0. The number of likely N-dealkylation sites (N-methyl/N-ethyl adjacent to an activating group) is 1. The molecule has 1 saturated carbocycles. The van der Waals surface area contributed by atoms with Gasteiger partial charge in [-0.05, 0) is 46.7 Å². The smallest absolute Gasteiger partial charge is 0.237 e. The third-order valence-corrected chi connectivity index (χ3v) is 6.78. The second kappa shape index (κ2) is 10.4. The molecule has 2 aliphatic rings. The summed E-state index contributed by atoms with van der Waals surface area (Å²) in [6.07, 6.45) is 5.09. The quantitative estimate of drug-likeness (QED) is 0.335. The summed E-state index contributed by atoms with van der Waals surface area (Å²) in [5, 5.41) is 3.65. The van der Waals surface area contributed by atoms with Gasteiger partial charge in [-0.1, -0.05) is 19.8 Å². The van der Waals surface area contributed by atoms with Crippen LogP contribution in [0.5, 0.6) is 0 Å². The summed E-state index contributed by atoms with van der Waals surface area (Å²) < 4.78 is 0. The van der Waals surface area contributed by atoms with Crippen molar-refractivity contribution in [2.45, 2.75) is 57.5 Å². The van der Waals surface area contributed by atoms with E-state index in [0.717, 1.165) is 44.6 Å².